The molecule has 4 rings (SSSR count). The lowest BCUT2D eigenvalue weighted by Crippen LogP contribution is -2.29. The highest BCUT2D eigenvalue weighted by Gasteiger charge is 2.48. The van der Waals surface area contributed by atoms with Crippen molar-refractivity contribution in [3.05, 3.63) is 82.8 Å². The lowest BCUT2D eigenvalue weighted by Gasteiger charge is -2.24. The maximum absolute atomic E-state index is 13.2. The van der Waals surface area contributed by atoms with Crippen LogP contribution in [0.15, 0.2) is 70.9 Å². The molecule has 0 aliphatic carbocycles. The summed E-state index contributed by atoms with van der Waals surface area (Å²) in [6.45, 7) is 4.53. The van der Waals surface area contributed by atoms with Crippen LogP contribution in [0.25, 0.3) is 5.76 Å². The Morgan fingerprint density at radius 2 is 1.76 bits per heavy atom. The van der Waals surface area contributed by atoms with Gasteiger partial charge < -0.3 is 19.0 Å². The first kappa shape index (κ1) is 22.5. The fourth-order valence-corrected chi connectivity index (χ4v) is 4.00. The fraction of sp³-hybridized carbons (Fsp3) is 0.200. The van der Waals surface area contributed by atoms with Crippen molar-refractivity contribution in [3.63, 3.8) is 0 Å². The zero-order valence-electron chi connectivity index (χ0n) is 18.1. The highest BCUT2D eigenvalue weighted by molar-refractivity contribution is 6.52. The molecule has 7 nitrogen and oxygen atoms in total. The van der Waals surface area contributed by atoms with Crippen molar-refractivity contribution in [1.29, 1.82) is 0 Å². The van der Waals surface area contributed by atoms with Crippen LogP contribution in [0, 0.1) is 0 Å². The van der Waals surface area contributed by atoms with E-state index in [9.17, 15) is 14.7 Å². The number of Topliss-reactive ketones (excluding diaryl/α,β-unsaturated/α-hetero) is 1. The van der Waals surface area contributed by atoms with E-state index in [1.165, 1.54) is 17.2 Å². The molecule has 0 radical (unpaired) electrons. The molecule has 1 fully saturated rings. The lowest BCUT2D eigenvalue weighted by atomic mass is 9.99. The predicted molar refractivity (Wildman–Crippen MR) is 124 cm³/mol. The number of halogens is 1. The first-order valence-corrected chi connectivity index (χ1v) is 10.8. The number of anilines is 1. The molecule has 1 aliphatic rings. The lowest BCUT2D eigenvalue weighted by molar-refractivity contribution is -0.132. The van der Waals surface area contributed by atoms with Gasteiger partial charge in [-0.3, -0.25) is 14.5 Å². The molecule has 0 spiro atoms. The molecule has 1 aromatic heterocycles. The van der Waals surface area contributed by atoms with Crippen LogP contribution in [0.4, 0.5) is 5.69 Å². The SMILES string of the molecule is CCOc1cccc(N2C(=O)C(=O)/C(=C(\O)c3cc(OCC)ccc3Cl)C2c2ccco2)c1. The van der Waals surface area contributed by atoms with Gasteiger partial charge in [0.05, 0.1) is 30.1 Å². The van der Waals surface area contributed by atoms with Crippen LogP contribution < -0.4 is 14.4 Å². The minimum atomic E-state index is -0.997. The zero-order chi connectivity index (χ0) is 23.5. The molecule has 1 saturated heterocycles. The first-order valence-electron chi connectivity index (χ1n) is 10.5. The van der Waals surface area contributed by atoms with Gasteiger partial charge >= 0.3 is 0 Å². The molecular formula is C25H22ClNO6. The number of hydrogen-bond acceptors (Lipinski definition) is 6. The topological polar surface area (TPSA) is 89.2 Å². The zero-order valence-corrected chi connectivity index (χ0v) is 18.8. The number of hydrogen-bond donors (Lipinski definition) is 1. The number of amides is 1. The smallest absolute Gasteiger partial charge is 0.300 e. The van der Waals surface area contributed by atoms with Crippen molar-refractivity contribution >= 4 is 34.7 Å². The number of ketones is 1. The number of rotatable bonds is 7. The molecule has 3 aromatic rings. The Morgan fingerprint density at radius 1 is 1.03 bits per heavy atom. The Bertz CT molecular complexity index is 1220. The molecule has 0 saturated carbocycles. The molecule has 8 heteroatoms. The van der Waals surface area contributed by atoms with Gasteiger partial charge in [-0.1, -0.05) is 17.7 Å². The molecule has 0 bridgehead atoms. The summed E-state index contributed by atoms with van der Waals surface area (Å²) >= 11 is 6.34. The summed E-state index contributed by atoms with van der Waals surface area (Å²) in [7, 11) is 0. The number of nitrogens with zero attached hydrogens (tertiary/aromatic N) is 1. The minimum absolute atomic E-state index is 0.132. The van der Waals surface area contributed by atoms with Crippen LogP contribution in [-0.2, 0) is 9.59 Å². The van der Waals surface area contributed by atoms with Crippen molar-refractivity contribution in [3.8, 4) is 11.5 Å². The Balaban J connectivity index is 1.90. The summed E-state index contributed by atoms with van der Waals surface area (Å²) in [5, 5.41) is 11.4. The molecule has 1 aliphatic heterocycles. The largest absolute Gasteiger partial charge is 0.507 e. The van der Waals surface area contributed by atoms with Crippen LogP contribution in [0.1, 0.15) is 31.2 Å². The van der Waals surface area contributed by atoms with Crippen molar-refractivity contribution in [2.24, 2.45) is 0 Å². The standard InChI is InChI=1S/C25H22ClNO6/c1-3-31-16-8-5-7-15(13-16)27-22(20-9-6-12-33-20)21(24(29)25(27)30)23(28)18-14-17(32-4-2)10-11-19(18)26/h5-14,22,28H,3-4H2,1-2H3/b23-21-. The summed E-state index contributed by atoms with van der Waals surface area (Å²) in [4.78, 5) is 27.6. The maximum Gasteiger partial charge on any atom is 0.300 e. The molecule has 2 heterocycles. The number of carbonyl (C=O) groups excluding carboxylic acids is 2. The van der Waals surface area contributed by atoms with E-state index in [0.29, 0.717) is 36.2 Å². The third-order valence-electron chi connectivity index (χ3n) is 5.17. The van der Waals surface area contributed by atoms with Gasteiger partial charge in [-0.2, -0.15) is 0 Å². The van der Waals surface area contributed by atoms with Gasteiger partial charge in [-0.05, 0) is 56.3 Å². The van der Waals surface area contributed by atoms with Gasteiger partial charge in [-0.25, -0.2) is 0 Å². The van der Waals surface area contributed by atoms with Gasteiger partial charge in [0, 0.05) is 17.3 Å². The monoisotopic (exact) mass is 467 g/mol. The number of aliphatic hydroxyl groups excluding tert-OH is 1. The number of aliphatic hydroxyl groups is 1. The molecule has 33 heavy (non-hydrogen) atoms. The highest BCUT2D eigenvalue weighted by Crippen LogP contribution is 2.44. The number of benzene rings is 2. The van der Waals surface area contributed by atoms with E-state index < -0.39 is 23.5 Å². The van der Waals surface area contributed by atoms with Gasteiger partial charge in [0.25, 0.3) is 11.7 Å². The Kier molecular flexibility index (Phi) is 6.42. The van der Waals surface area contributed by atoms with E-state index in [4.69, 9.17) is 25.5 Å². The number of carbonyl (C=O) groups is 2. The molecule has 2 aromatic carbocycles. The average Bonchev–Trinajstić information content (AvgIpc) is 3.42. The van der Waals surface area contributed by atoms with Gasteiger partial charge in [0.15, 0.2) is 0 Å². The number of ether oxygens (including phenoxy) is 2. The van der Waals surface area contributed by atoms with Crippen LogP contribution in [-0.4, -0.2) is 30.0 Å². The summed E-state index contributed by atoms with van der Waals surface area (Å²) in [6.07, 6.45) is 1.44. The molecule has 1 unspecified atom stereocenters. The second kappa shape index (κ2) is 9.42. The Morgan fingerprint density at radius 3 is 2.42 bits per heavy atom. The van der Waals surface area contributed by atoms with Gasteiger partial charge in [-0.15, -0.1) is 0 Å². The van der Waals surface area contributed by atoms with Crippen LogP contribution in [0.5, 0.6) is 11.5 Å². The Hall–Kier alpha value is -3.71. The van der Waals surface area contributed by atoms with Gasteiger partial charge in [0.2, 0.25) is 0 Å². The summed E-state index contributed by atoms with van der Waals surface area (Å²) in [6, 6.07) is 13.9. The second-order valence-corrected chi connectivity index (χ2v) is 7.60. The van der Waals surface area contributed by atoms with Crippen molar-refractivity contribution < 1.29 is 28.6 Å². The van der Waals surface area contributed by atoms with Crippen molar-refractivity contribution in [2.75, 3.05) is 18.1 Å². The minimum Gasteiger partial charge on any atom is -0.507 e. The molecule has 170 valence electrons. The summed E-state index contributed by atoms with van der Waals surface area (Å²) < 4.78 is 16.6. The van der Waals surface area contributed by atoms with E-state index in [1.807, 2.05) is 13.8 Å². The first-order chi connectivity index (χ1) is 16.0. The van der Waals surface area contributed by atoms with E-state index in [2.05, 4.69) is 0 Å². The van der Waals surface area contributed by atoms with Crippen LogP contribution in [0.2, 0.25) is 5.02 Å². The van der Waals surface area contributed by atoms with E-state index in [0.717, 1.165) is 0 Å². The normalized spacial score (nSPS) is 17.4. The Labute approximate surface area is 195 Å². The number of furan rings is 1. The summed E-state index contributed by atoms with van der Waals surface area (Å²) in [5.74, 6) is -0.740. The van der Waals surface area contributed by atoms with E-state index in [1.54, 1.807) is 48.5 Å². The van der Waals surface area contributed by atoms with E-state index >= 15 is 0 Å². The van der Waals surface area contributed by atoms with Gasteiger partial charge in [0.1, 0.15) is 29.1 Å². The van der Waals surface area contributed by atoms with Crippen LogP contribution >= 0.6 is 11.6 Å². The average molecular weight is 468 g/mol. The third-order valence-corrected chi connectivity index (χ3v) is 5.50. The molecular weight excluding hydrogens is 446 g/mol. The summed E-state index contributed by atoms with van der Waals surface area (Å²) in [5.41, 5.74) is 0.477. The molecule has 1 amide bonds. The van der Waals surface area contributed by atoms with Crippen LogP contribution in [0.3, 0.4) is 0 Å². The quantitative estimate of drug-likeness (QED) is 0.286. The van der Waals surface area contributed by atoms with Crippen molar-refractivity contribution in [1.82, 2.24) is 0 Å². The van der Waals surface area contributed by atoms with Crippen molar-refractivity contribution in [2.45, 2.75) is 19.9 Å². The third kappa shape index (κ3) is 4.19. The molecule has 1 atom stereocenters. The maximum atomic E-state index is 13.2. The molecule has 1 N–H and O–H groups in total. The second-order valence-electron chi connectivity index (χ2n) is 7.19. The van der Waals surface area contributed by atoms with E-state index in [-0.39, 0.29) is 16.2 Å². The predicted octanol–water partition coefficient (Wildman–Crippen LogP) is 5.36. The highest BCUT2D eigenvalue weighted by atomic mass is 35.5. The fourth-order valence-electron chi connectivity index (χ4n) is 3.79.